The molecule has 0 aromatic rings. The summed E-state index contributed by atoms with van der Waals surface area (Å²) in [4.78, 5) is 2.58. The summed E-state index contributed by atoms with van der Waals surface area (Å²) in [6.45, 7) is 9.26. The topological polar surface area (TPSA) is 24.5 Å². The van der Waals surface area contributed by atoms with Crippen LogP contribution in [0.15, 0.2) is 12.3 Å². The first-order valence-electron chi connectivity index (χ1n) is 7.01. The normalized spacial score (nSPS) is 29.8. The lowest BCUT2D eigenvalue weighted by molar-refractivity contribution is 0.121. The predicted octanol–water partition coefficient (Wildman–Crippen LogP) is 2.00. The van der Waals surface area contributed by atoms with Crippen molar-refractivity contribution in [1.82, 2.24) is 10.2 Å². The van der Waals surface area contributed by atoms with Crippen LogP contribution < -0.4 is 5.32 Å². The summed E-state index contributed by atoms with van der Waals surface area (Å²) < 4.78 is 5.55. The maximum absolute atomic E-state index is 5.55. The SMILES string of the molecule is CC(C)N1CCC(CNCC2CCC=CO2)C1. The van der Waals surface area contributed by atoms with Crippen LogP contribution in [-0.4, -0.2) is 43.2 Å². The van der Waals surface area contributed by atoms with Crippen LogP contribution in [0.1, 0.15) is 33.1 Å². The third-order valence-corrected chi connectivity index (χ3v) is 3.88. The van der Waals surface area contributed by atoms with E-state index in [4.69, 9.17) is 4.74 Å². The standard InChI is InChI=1S/C14H26N2O/c1-12(2)16-7-6-13(11-16)9-15-10-14-5-3-4-8-17-14/h4,8,12-15H,3,5-7,9-11H2,1-2H3. The summed E-state index contributed by atoms with van der Waals surface area (Å²) in [5.41, 5.74) is 0. The minimum Gasteiger partial charge on any atom is -0.497 e. The molecule has 1 N–H and O–H groups in total. The van der Waals surface area contributed by atoms with E-state index in [0.717, 1.165) is 31.8 Å². The van der Waals surface area contributed by atoms with E-state index in [9.17, 15) is 0 Å². The van der Waals surface area contributed by atoms with Gasteiger partial charge in [0.2, 0.25) is 0 Å². The van der Waals surface area contributed by atoms with E-state index in [1.165, 1.54) is 19.5 Å². The molecule has 3 nitrogen and oxygen atoms in total. The average molecular weight is 238 g/mol. The van der Waals surface area contributed by atoms with Gasteiger partial charge in [-0.1, -0.05) is 0 Å². The molecule has 2 unspecified atom stereocenters. The molecule has 2 heterocycles. The van der Waals surface area contributed by atoms with E-state index < -0.39 is 0 Å². The number of likely N-dealkylation sites (tertiary alicyclic amines) is 1. The number of nitrogens with zero attached hydrogens (tertiary/aromatic N) is 1. The van der Waals surface area contributed by atoms with E-state index in [1.54, 1.807) is 0 Å². The van der Waals surface area contributed by atoms with E-state index in [2.05, 4.69) is 30.1 Å². The van der Waals surface area contributed by atoms with Crippen LogP contribution in [-0.2, 0) is 4.74 Å². The second-order valence-electron chi connectivity index (χ2n) is 5.61. The monoisotopic (exact) mass is 238 g/mol. The van der Waals surface area contributed by atoms with Gasteiger partial charge in [-0.3, -0.25) is 0 Å². The maximum Gasteiger partial charge on any atom is 0.110 e. The minimum atomic E-state index is 0.391. The summed E-state index contributed by atoms with van der Waals surface area (Å²) >= 11 is 0. The van der Waals surface area contributed by atoms with Gasteiger partial charge < -0.3 is 15.0 Å². The molecule has 2 aliphatic heterocycles. The number of nitrogens with one attached hydrogen (secondary N) is 1. The summed E-state index contributed by atoms with van der Waals surface area (Å²) in [6, 6.07) is 0.701. The quantitative estimate of drug-likeness (QED) is 0.793. The predicted molar refractivity (Wildman–Crippen MR) is 70.9 cm³/mol. The molecule has 2 aliphatic rings. The van der Waals surface area contributed by atoms with Gasteiger partial charge in [0.1, 0.15) is 6.10 Å². The van der Waals surface area contributed by atoms with Crippen molar-refractivity contribution in [2.75, 3.05) is 26.2 Å². The second kappa shape index (κ2) is 6.41. The van der Waals surface area contributed by atoms with E-state index >= 15 is 0 Å². The number of rotatable bonds is 5. The molecule has 3 heteroatoms. The van der Waals surface area contributed by atoms with Gasteiger partial charge in [-0.05, 0) is 58.2 Å². The Bertz CT molecular complexity index is 253. The highest BCUT2D eigenvalue weighted by atomic mass is 16.5. The van der Waals surface area contributed by atoms with Crippen molar-refractivity contribution in [3.8, 4) is 0 Å². The van der Waals surface area contributed by atoms with Gasteiger partial charge in [-0.2, -0.15) is 0 Å². The highest BCUT2D eigenvalue weighted by Crippen LogP contribution is 2.17. The smallest absolute Gasteiger partial charge is 0.110 e. The van der Waals surface area contributed by atoms with Crippen molar-refractivity contribution in [2.45, 2.75) is 45.3 Å². The third kappa shape index (κ3) is 4.00. The fraction of sp³-hybridized carbons (Fsp3) is 0.857. The number of hydrogen-bond donors (Lipinski definition) is 1. The molecule has 0 radical (unpaired) electrons. The second-order valence-corrected chi connectivity index (χ2v) is 5.61. The summed E-state index contributed by atoms with van der Waals surface area (Å²) in [6.07, 6.45) is 8.02. The molecule has 0 bridgehead atoms. The van der Waals surface area contributed by atoms with Crippen LogP contribution in [0.2, 0.25) is 0 Å². The maximum atomic E-state index is 5.55. The molecule has 0 amide bonds. The Morgan fingerprint density at radius 3 is 2.88 bits per heavy atom. The van der Waals surface area contributed by atoms with Crippen molar-refractivity contribution in [1.29, 1.82) is 0 Å². The van der Waals surface area contributed by atoms with Crippen LogP contribution in [0.5, 0.6) is 0 Å². The molecule has 2 rings (SSSR count). The molecule has 0 aromatic carbocycles. The number of allylic oxidation sites excluding steroid dienone is 1. The lowest BCUT2D eigenvalue weighted by atomic mass is 10.1. The van der Waals surface area contributed by atoms with Gasteiger partial charge >= 0.3 is 0 Å². The third-order valence-electron chi connectivity index (χ3n) is 3.88. The van der Waals surface area contributed by atoms with Crippen LogP contribution in [0.4, 0.5) is 0 Å². The summed E-state index contributed by atoms with van der Waals surface area (Å²) in [5, 5.41) is 3.57. The molecular weight excluding hydrogens is 212 g/mol. The van der Waals surface area contributed by atoms with Crippen molar-refractivity contribution in [3.05, 3.63) is 12.3 Å². The van der Waals surface area contributed by atoms with Gasteiger partial charge in [0, 0.05) is 19.1 Å². The van der Waals surface area contributed by atoms with Crippen LogP contribution >= 0.6 is 0 Å². The first-order chi connectivity index (χ1) is 8.25. The molecule has 17 heavy (non-hydrogen) atoms. The zero-order valence-corrected chi connectivity index (χ0v) is 11.2. The largest absolute Gasteiger partial charge is 0.497 e. The molecule has 0 spiro atoms. The van der Waals surface area contributed by atoms with Crippen molar-refractivity contribution in [2.24, 2.45) is 5.92 Å². The Balaban J connectivity index is 1.58. The van der Waals surface area contributed by atoms with Crippen molar-refractivity contribution < 1.29 is 4.74 Å². The van der Waals surface area contributed by atoms with Crippen LogP contribution in [0.25, 0.3) is 0 Å². The zero-order chi connectivity index (χ0) is 12.1. The van der Waals surface area contributed by atoms with Gasteiger partial charge in [-0.25, -0.2) is 0 Å². The first kappa shape index (κ1) is 12.9. The average Bonchev–Trinajstić information content (AvgIpc) is 2.79. The van der Waals surface area contributed by atoms with Gasteiger partial charge in [-0.15, -0.1) is 0 Å². The Labute approximate surface area is 105 Å². The van der Waals surface area contributed by atoms with Crippen LogP contribution in [0, 0.1) is 5.92 Å². The molecule has 1 fully saturated rings. The van der Waals surface area contributed by atoms with E-state index in [-0.39, 0.29) is 0 Å². The Morgan fingerprint density at radius 1 is 1.35 bits per heavy atom. The number of ether oxygens (including phenoxy) is 1. The van der Waals surface area contributed by atoms with Crippen molar-refractivity contribution >= 4 is 0 Å². The fourth-order valence-electron chi connectivity index (χ4n) is 2.68. The molecule has 2 atom stereocenters. The van der Waals surface area contributed by atoms with E-state index in [1.807, 2.05) is 6.26 Å². The Hall–Kier alpha value is -0.540. The molecule has 0 aliphatic carbocycles. The van der Waals surface area contributed by atoms with Gasteiger partial charge in [0.15, 0.2) is 0 Å². The van der Waals surface area contributed by atoms with Gasteiger partial charge in [0.25, 0.3) is 0 Å². The lowest BCUT2D eigenvalue weighted by Crippen LogP contribution is -2.34. The molecule has 0 saturated carbocycles. The Morgan fingerprint density at radius 2 is 2.24 bits per heavy atom. The lowest BCUT2D eigenvalue weighted by Gasteiger charge is -2.22. The molecular formula is C14H26N2O. The highest BCUT2D eigenvalue weighted by molar-refractivity contribution is 4.84. The zero-order valence-electron chi connectivity index (χ0n) is 11.2. The summed E-state index contributed by atoms with van der Waals surface area (Å²) in [7, 11) is 0. The highest BCUT2D eigenvalue weighted by Gasteiger charge is 2.23. The molecule has 98 valence electrons. The summed E-state index contributed by atoms with van der Waals surface area (Å²) in [5.74, 6) is 0.830. The van der Waals surface area contributed by atoms with E-state index in [0.29, 0.717) is 12.1 Å². The van der Waals surface area contributed by atoms with Crippen molar-refractivity contribution in [3.63, 3.8) is 0 Å². The molecule has 1 saturated heterocycles. The first-order valence-corrected chi connectivity index (χ1v) is 7.01. The molecule has 0 aromatic heterocycles. The van der Waals surface area contributed by atoms with Crippen LogP contribution in [0.3, 0.4) is 0 Å². The number of hydrogen-bond acceptors (Lipinski definition) is 3. The minimum absolute atomic E-state index is 0.391. The Kier molecular flexibility index (Phi) is 4.86. The van der Waals surface area contributed by atoms with Gasteiger partial charge in [0.05, 0.1) is 6.26 Å². The fourth-order valence-corrected chi connectivity index (χ4v) is 2.68.